The molecule has 0 saturated heterocycles. The molecule has 1 unspecified atom stereocenters. The van der Waals surface area contributed by atoms with Gasteiger partial charge in [0.15, 0.2) is 0 Å². The molecule has 4 rings (SSSR count). The molecule has 1 N–H and O–H groups in total. The standard InChI is InChI=1S/C22H24N2O2S2/c1-28(26)18-7-8-19-17(15-23-20(19)14-18)4-2-6-22(25)24-11-9-16(10-12-24)21-5-3-13-27-21/h3,5,7-9,13-15,23H,2,4,6,10-12H2,1H3. The number of carbonyl (C=O) groups excluding carboxylic acids is 1. The van der Waals surface area contributed by atoms with E-state index in [1.165, 1.54) is 16.0 Å². The van der Waals surface area contributed by atoms with Crippen LogP contribution in [0.3, 0.4) is 0 Å². The lowest BCUT2D eigenvalue weighted by Gasteiger charge is -2.26. The highest BCUT2D eigenvalue weighted by molar-refractivity contribution is 7.84. The molecule has 3 aromatic rings. The van der Waals surface area contributed by atoms with Gasteiger partial charge in [0.2, 0.25) is 5.91 Å². The van der Waals surface area contributed by atoms with Crippen LogP contribution in [0.5, 0.6) is 0 Å². The van der Waals surface area contributed by atoms with Gasteiger partial charge in [-0.15, -0.1) is 11.3 Å². The van der Waals surface area contributed by atoms with E-state index in [0.717, 1.165) is 48.2 Å². The predicted octanol–water partition coefficient (Wildman–Crippen LogP) is 4.61. The largest absolute Gasteiger partial charge is 0.361 e. The van der Waals surface area contributed by atoms with Crippen LogP contribution < -0.4 is 0 Å². The smallest absolute Gasteiger partial charge is 0.222 e. The minimum atomic E-state index is -0.977. The van der Waals surface area contributed by atoms with Gasteiger partial charge in [0.05, 0.1) is 0 Å². The van der Waals surface area contributed by atoms with Gasteiger partial charge in [-0.2, -0.15) is 0 Å². The summed E-state index contributed by atoms with van der Waals surface area (Å²) < 4.78 is 11.6. The van der Waals surface area contributed by atoms with E-state index in [2.05, 4.69) is 28.6 Å². The highest BCUT2D eigenvalue weighted by Crippen LogP contribution is 2.27. The summed E-state index contributed by atoms with van der Waals surface area (Å²) in [5.74, 6) is 0.241. The van der Waals surface area contributed by atoms with Crippen molar-refractivity contribution in [2.24, 2.45) is 0 Å². The first-order chi connectivity index (χ1) is 13.6. The number of H-pyrrole nitrogens is 1. The van der Waals surface area contributed by atoms with Gasteiger partial charge in [-0.1, -0.05) is 18.2 Å². The monoisotopic (exact) mass is 412 g/mol. The van der Waals surface area contributed by atoms with Crippen LogP contribution in [0.25, 0.3) is 16.5 Å². The Hall–Kier alpha value is -2.18. The van der Waals surface area contributed by atoms with E-state index in [1.807, 2.05) is 29.3 Å². The normalized spacial score (nSPS) is 15.6. The van der Waals surface area contributed by atoms with E-state index in [1.54, 1.807) is 17.6 Å². The van der Waals surface area contributed by atoms with Crippen LogP contribution in [-0.2, 0) is 22.0 Å². The Kier molecular flexibility index (Phi) is 5.78. The lowest BCUT2D eigenvalue weighted by molar-refractivity contribution is -0.130. The third kappa shape index (κ3) is 4.13. The highest BCUT2D eigenvalue weighted by atomic mass is 32.2. The summed E-state index contributed by atoms with van der Waals surface area (Å²) in [6, 6.07) is 10.1. The van der Waals surface area contributed by atoms with Crippen molar-refractivity contribution in [1.82, 2.24) is 9.88 Å². The summed E-state index contributed by atoms with van der Waals surface area (Å²) in [6.45, 7) is 1.53. The predicted molar refractivity (Wildman–Crippen MR) is 117 cm³/mol. The SMILES string of the molecule is CS(=O)c1ccc2c(CCCC(=O)N3CC=C(c4cccs4)CC3)c[nH]c2c1. The van der Waals surface area contributed by atoms with Gasteiger partial charge in [0.1, 0.15) is 0 Å². The topological polar surface area (TPSA) is 53.2 Å². The zero-order chi connectivity index (χ0) is 19.5. The van der Waals surface area contributed by atoms with Crippen molar-refractivity contribution in [3.63, 3.8) is 0 Å². The first-order valence-corrected chi connectivity index (χ1v) is 12.0. The fraction of sp³-hybridized carbons (Fsp3) is 0.318. The Morgan fingerprint density at radius 2 is 2.21 bits per heavy atom. The number of fused-ring (bicyclic) bond motifs is 1. The van der Waals surface area contributed by atoms with Gasteiger partial charge in [0.25, 0.3) is 0 Å². The second-order valence-corrected chi connectivity index (χ2v) is 9.45. The molecule has 4 nitrogen and oxygen atoms in total. The first-order valence-electron chi connectivity index (χ1n) is 9.56. The number of nitrogens with zero attached hydrogens (tertiary/aromatic N) is 1. The van der Waals surface area contributed by atoms with Gasteiger partial charge in [-0.25, -0.2) is 0 Å². The van der Waals surface area contributed by atoms with Crippen LogP contribution >= 0.6 is 11.3 Å². The molecule has 0 fully saturated rings. The number of aromatic nitrogens is 1. The number of amides is 1. The van der Waals surface area contributed by atoms with E-state index < -0.39 is 10.8 Å². The van der Waals surface area contributed by atoms with Crippen LogP contribution in [0.2, 0.25) is 0 Å². The molecular weight excluding hydrogens is 388 g/mol. The van der Waals surface area contributed by atoms with Crippen molar-refractivity contribution in [2.45, 2.75) is 30.6 Å². The maximum atomic E-state index is 12.6. The van der Waals surface area contributed by atoms with Gasteiger partial charge >= 0.3 is 0 Å². The van der Waals surface area contributed by atoms with Crippen molar-refractivity contribution < 1.29 is 9.00 Å². The fourth-order valence-electron chi connectivity index (χ4n) is 3.72. The summed E-state index contributed by atoms with van der Waals surface area (Å²) in [7, 11) is -0.977. The van der Waals surface area contributed by atoms with Crippen LogP contribution in [0.4, 0.5) is 0 Å². The molecule has 0 bridgehead atoms. The number of hydrogen-bond acceptors (Lipinski definition) is 3. The molecule has 0 radical (unpaired) electrons. The molecule has 146 valence electrons. The molecular formula is C22H24N2O2S2. The van der Waals surface area contributed by atoms with E-state index in [-0.39, 0.29) is 5.91 Å². The molecule has 0 aliphatic carbocycles. The van der Waals surface area contributed by atoms with E-state index in [9.17, 15) is 9.00 Å². The van der Waals surface area contributed by atoms with Crippen LogP contribution in [0.15, 0.2) is 52.9 Å². The molecule has 6 heteroatoms. The summed E-state index contributed by atoms with van der Waals surface area (Å²) >= 11 is 1.76. The van der Waals surface area contributed by atoms with E-state index in [4.69, 9.17) is 0 Å². The van der Waals surface area contributed by atoms with E-state index in [0.29, 0.717) is 6.42 Å². The van der Waals surface area contributed by atoms with Gasteiger partial charge in [-0.05, 0) is 54.0 Å². The highest BCUT2D eigenvalue weighted by Gasteiger charge is 2.18. The molecule has 2 aromatic heterocycles. The first kappa shape index (κ1) is 19.2. The van der Waals surface area contributed by atoms with Crippen molar-refractivity contribution in [3.05, 3.63) is 58.4 Å². The molecule has 1 aliphatic heterocycles. The lowest BCUT2D eigenvalue weighted by Crippen LogP contribution is -2.34. The third-order valence-electron chi connectivity index (χ3n) is 5.31. The van der Waals surface area contributed by atoms with E-state index >= 15 is 0 Å². The number of hydrogen-bond donors (Lipinski definition) is 1. The minimum absolute atomic E-state index is 0.241. The Morgan fingerprint density at radius 1 is 1.32 bits per heavy atom. The van der Waals surface area contributed by atoms with Crippen molar-refractivity contribution in [2.75, 3.05) is 19.3 Å². The molecule has 1 aliphatic rings. The summed E-state index contributed by atoms with van der Waals surface area (Å²) in [4.78, 5) is 19.9. The average molecular weight is 413 g/mol. The zero-order valence-electron chi connectivity index (χ0n) is 15.9. The Balaban J connectivity index is 1.31. The van der Waals surface area contributed by atoms with Crippen molar-refractivity contribution in [3.8, 4) is 0 Å². The third-order valence-corrected chi connectivity index (χ3v) is 7.17. The molecule has 0 spiro atoms. The van der Waals surface area contributed by atoms with Crippen LogP contribution in [0, 0.1) is 0 Å². The number of benzene rings is 1. The van der Waals surface area contributed by atoms with Crippen LogP contribution in [-0.4, -0.2) is 39.3 Å². The molecule has 1 amide bonds. The number of nitrogens with one attached hydrogen (secondary N) is 1. The maximum absolute atomic E-state index is 12.6. The number of aryl methyl sites for hydroxylation is 1. The molecule has 1 aromatic carbocycles. The number of aromatic amines is 1. The maximum Gasteiger partial charge on any atom is 0.222 e. The van der Waals surface area contributed by atoms with Gasteiger partial charge in [-0.3, -0.25) is 9.00 Å². The Labute approximate surface area is 171 Å². The summed E-state index contributed by atoms with van der Waals surface area (Å²) in [6.07, 6.45) is 9.11. The van der Waals surface area contributed by atoms with Crippen LogP contribution in [0.1, 0.15) is 29.7 Å². The quantitative estimate of drug-likeness (QED) is 0.643. The molecule has 1 atom stereocenters. The second kappa shape index (κ2) is 8.45. The lowest BCUT2D eigenvalue weighted by atomic mass is 10.0. The fourth-order valence-corrected chi connectivity index (χ4v) is 5.06. The molecule has 3 heterocycles. The Morgan fingerprint density at radius 3 is 2.93 bits per heavy atom. The van der Waals surface area contributed by atoms with Gasteiger partial charge in [0, 0.05) is 63.4 Å². The summed E-state index contributed by atoms with van der Waals surface area (Å²) in [5.41, 5.74) is 3.59. The Bertz CT molecular complexity index is 1030. The number of rotatable bonds is 6. The molecule has 0 saturated carbocycles. The van der Waals surface area contributed by atoms with Crippen molar-refractivity contribution in [1.29, 1.82) is 0 Å². The van der Waals surface area contributed by atoms with Crippen molar-refractivity contribution >= 4 is 44.5 Å². The number of thiophene rings is 1. The average Bonchev–Trinajstić information content (AvgIpc) is 3.38. The molecule has 28 heavy (non-hydrogen) atoms. The number of carbonyl (C=O) groups is 1. The zero-order valence-corrected chi connectivity index (χ0v) is 17.6. The second-order valence-electron chi connectivity index (χ2n) is 7.13. The summed E-state index contributed by atoms with van der Waals surface area (Å²) in [5, 5.41) is 3.25. The minimum Gasteiger partial charge on any atom is -0.361 e. The van der Waals surface area contributed by atoms with Gasteiger partial charge < -0.3 is 9.88 Å².